The lowest BCUT2D eigenvalue weighted by Crippen LogP contribution is -2.63. The highest BCUT2D eigenvalue weighted by molar-refractivity contribution is 14.0. The number of hydrogen-bond acceptors (Lipinski definition) is 5. The maximum Gasteiger partial charge on any atom is 0.410 e. The molecule has 1 aromatic heterocycles. The first-order valence-electron chi connectivity index (χ1n) is 9.15. The third-order valence-corrected chi connectivity index (χ3v) is 4.87. The number of likely N-dealkylation sites (tertiary alicyclic amines) is 1. The zero-order valence-corrected chi connectivity index (χ0v) is 20.2. The van der Waals surface area contributed by atoms with Crippen LogP contribution in [0.1, 0.15) is 58.2 Å². The largest absolute Gasteiger partial charge is 0.444 e. The summed E-state index contributed by atoms with van der Waals surface area (Å²) in [7, 11) is 0. The second-order valence-corrected chi connectivity index (χ2v) is 8.64. The minimum absolute atomic E-state index is 0. The second kappa shape index (κ2) is 10.4. The number of aliphatic imine (C=N–C) groups is 1. The van der Waals surface area contributed by atoms with Gasteiger partial charge in [-0.1, -0.05) is 13.8 Å². The van der Waals surface area contributed by atoms with Crippen molar-refractivity contribution < 1.29 is 9.53 Å². The van der Waals surface area contributed by atoms with Gasteiger partial charge >= 0.3 is 6.09 Å². The Kier molecular flexibility index (Phi) is 9.26. The van der Waals surface area contributed by atoms with Gasteiger partial charge in [0, 0.05) is 30.9 Å². The molecule has 2 rings (SSSR count). The molecule has 0 spiro atoms. The summed E-state index contributed by atoms with van der Waals surface area (Å²) >= 11 is 1.68. The number of rotatable bonds is 5. The molecule has 0 atom stereocenters. The number of ether oxygens (including phenoxy) is 1. The second-order valence-electron chi connectivity index (χ2n) is 7.75. The van der Waals surface area contributed by atoms with Crippen LogP contribution in [-0.4, -0.2) is 53.2 Å². The van der Waals surface area contributed by atoms with Gasteiger partial charge in [-0.2, -0.15) is 0 Å². The number of thiazole rings is 1. The summed E-state index contributed by atoms with van der Waals surface area (Å²) in [6.45, 7) is 14.5. The molecule has 0 aliphatic carbocycles. The van der Waals surface area contributed by atoms with Crippen molar-refractivity contribution in [2.24, 2.45) is 4.99 Å². The summed E-state index contributed by atoms with van der Waals surface area (Å²) in [4.78, 5) is 22.9. The topological polar surface area (TPSA) is 78.9 Å². The molecule has 0 radical (unpaired) electrons. The Balaban J connectivity index is 0.00000364. The molecule has 1 fully saturated rings. The Bertz CT molecular complexity index is 636. The lowest BCUT2D eigenvalue weighted by atomic mass is 10.1. The highest BCUT2D eigenvalue weighted by Crippen LogP contribution is 2.19. The fourth-order valence-electron chi connectivity index (χ4n) is 2.38. The molecule has 9 heteroatoms. The van der Waals surface area contributed by atoms with Crippen molar-refractivity contribution in [1.29, 1.82) is 0 Å². The normalized spacial score (nSPS) is 15.2. The van der Waals surface area contributed by atoms with Crippen molar-refractivity contribution in [3.8, 4) is 0 Å². The van der Waals surface area contributed by atoms with E-state index in [0.717, 1.165) is 23.2 Å². The Labute approximate surface area is 183 Å². The average Bonchev–Trinajstić information content (AvgIpc) is 2.95. The van der Waals surface area contributed by atoms with Crippen LogP contribution < -0.4 is 10.6 Å². The van der Waals surface area contributed by atoms with E-state index in [1.54, 1.807) is 16.2 Å². The van der Waals surface area contributed by atoms with Crippen LogP contribution in [0, 0.1) is 0 Å². The number of hydrogen-bond donors (Lipinski definition) is 2. The van der Waals surface area contributed by atoms with Crippen molar-refractivity contribution >= 4 is 47.4 Å². The monoisotopic (exact) mass is 509 g/mol. The number of guanidine groups is 1. The van der Waals surface area contributed by atoms with Gasteiger partial charge in [0.05, 0.1) is 23.3 Å². The van der Waals surface area contributed by atoms with E-state index in [9.17, 15) is 4.79 Å². The van der Waals surface area contributed by atoms with Crippen LogP contribution in [0.3, 0.4) is 0 Å². The standard InChI is InChI=1S/C18H31N5O2S.HI/c1-7-19-16(20-8-13-11-26-15(21-13)12(2)3)22-14-9-23(10-14)17(24)25-18(4,5)6;/h11-12,14H,7-10H2,1-6H3,(H2,19,20,22);1H. The molecule has 2 N–H and O–H groups in total. The van der Waals surface area contributed by atoms with Crippen LogP contribution >= 0.6 is 35.3 Å². The summed E-state index contributed by atoms with van der Waals surface area (Å²) in [5, 5.41) is 9.82. The fraction of sp³-hybridized carbons (Fsp3) is 0.722. The lowest BCUT2D eigenvalue weighted by molar-refractivity contribution is 0.00701. The molecular formula is C18H32IN5O2S. The average molecular weight is 509 g/mol. The van der Waals surface area contributed by atoms with Crippen molar-refractivity contribution in [2.45, 2.75) is 65.6 Å². The zero-order valence-electron chi connectivity index (χ0n) is 17.0. The molecule has 154 valence electrons. The molecule has 0 unspecified atom stereocenters. The summed E-state index contributed by atoms with van der Waals surface area (Å²) < 4.78 is 5.38. The maximum absolute atomic E-state index is 12.0. The number of nitrogens with one attached hydrogen (secondary N) is 2. The SMILES string of the molecule is CCNC(=NCc1csc(C(C)C)n1)NC1CN(C(=O)OC(C)(C)C)C1.I. The molecule has 0 aromatic carbocycles. The molecule has 2 heterocycles. The van der Waals surface area contributed by atoms with E-state index in [1.807, 2.05) is 27.7 Å². The van der Waals surface area contributed by atoms with Crippen LogP contribution in [0.5, 0.6) is 0 Å². The smallest absolute Gasteiger partial charge is 0.410 e. The Morgan fingerprint density at radius 1 is 1.44 bits per heavy atom. The zero-order chi connectivity index (χ0) is 19.3. The Hall–Kier alpha value is -1.10. The molecule has 1 aliphatic rings. The van der Waals surface area contributed by atoms with Gasteiger partial charge in [-0.05, 0) is 27.7 Å². The van der Waals surface area contributed by atoms with Crippen LogP contribution in [-0.2, 0) is 11.3 Å². The molecular weight excluding hydrogens is 477 g/mol. The van der Waals surface area contributed by atoms with Gasteiger partial charge in [-0.3, -0.25) is 0 Å². The van der Waals surface area contributed by atoms with E-state index in [-0.39, 0.29) is 36.1 Å². The summed E-state index contributed by atoms with van der Waals surface area (Å²) in [5.74, 6) is 1.19. The first-order chi connectivity index (χ1) is 12.2. The van der Waals surface area contributed by atoms with E-state index in [1.165, 1.54) is 0 Å². The number of carbonyl (C=O) groups excluding carboxylic acids is 1. The van der Waals surface area contributed by atoms with E-state index in [2.05, 4.69) is 39.8 Å². The van der Waals surface area contributed by atoms with Crippen LogP contribution in [0.2, 0.25) is 0 Å². The third kappa shape index (κ3) is 7.81. The molecule has 0 saturated carbocycles. The van der Waals surface area contributed by atoms with Crippen LogP contribution in [0.4, 0.5) is 4.79 Å². The minimum Gasteiger partial charge on any atom is -0.444 e. The molecule has 1 amide bonds. The van der Waals surface area contributed by atoms with Gasteiger partial charge in [0.25, 0.3) is 0 Å². The quantitative estimate of drug-likeness (QED) is 0.361. The molecule has 1 aliphatic heterocycles. The van der Waals surface area contributed by atoms with Crippen molar-refractivity contribution in [3.05, 3.63) is 16.1 Å². The van der Waals surface area contributed by atoms with E-state index in [4.69, 9.17) is 4.74 Å². The molecule has 7 nitrogen and oxygen atoms in total. The van der Waals surface area contributed by atoms with Crippen LogP contribution in [0.15, 0.2) is 10.4 Å². The number of aromatic nitrogens is 1. The van der Waals surface area contributed by atoms with E-state index >= 15 is 0 Å². The van der Waals surface area contributed by atoms with Gasteiger partial charge in [-0.25, -0.2) is 14.8 Å². The van der Waals surface area contributed by atoms with Gasteiger partial charge in [0.2, 0.25) is 0 Å². The number of carbonyl (C=O) groups is 1. The molecule has 1 aromatic rings. The number of halogens is 1. The molecule has 27 heavy (non-hydrogen) atoms. The van der Waals surface area contributed by atoms with Crippen molar-refractivity contribution in [1.82, 2.24) is 20.5 Å². The summed E-state index contributed by atoms with van der Waals surface area (Å²) in [6, 6.07) is 0.182. The molecule has 1 saturated heterocycles. The first kappa shape index (κ1) is 23.9. The minimum atomic E-state index is -0.464. The number of nitrogens with zero attached hydrogens (tertiary/aromatic N) is 3. The van der Waals surface area contributed by atoms with E-state index in [0.29, 0.717) is 25.6 Å². The van der Waals surface area contributed by atoms with Crippen molar-refractivity contribution in [2.75, 3.05) is 19.6 Å². The van der Waals surface area contributed by atoms with Gasteiger partial charge < -0.3 is 20.3 Å². The number of amides is 1. The predicted octanol–water partition coefficient (Wildman–Crippen LogP) is 3.56. The van der Waals surface area contributed by atoms with E-state index < -0.39 is 5.60 Å². The predicted molar refractivity (Wildman–Crippen MR) is 121 cm³/mol. The summed E-state index contributed by atoms with van der Waals surface area (Å²) in [5.41, 5.74) is 0.522. The third-order valence-electron chi connectivity index (χ3n) is 3.68. The first-order valence-corrected chi connectivity index (χ1v) is 10.0. The fourth-order valence-corrected chi connectivity index (χ4v) is 3.21. The lowest BCUT2D eigenvalue weighted by Gasteiger charge is -2.40. The maximum atomic E-state index is 12.0. The van der Waals surface area contributed by atoms with Gasteiger partial charge in [-0.15, -0.1) is 35.3 Å². The highest BCUT2D eigenvalue weighted by atomic mass is 127. The van der Waals surface area contributed by atoms with Gasteiger partial charge in [0.1, 0.15) is 5.60 Å². The molecule has 0 bridgehead atoms. The Morgan fingerprint density at radius 3 is 2.63 bits per heavy atom. The van der Waals surface area contributed by atoms with Crippen molar-refractivity contribution in [3.63, 3.8) is 0 Å². The van der Waals surface area contributed by atoms with Gasteiger partial charge in [0.15, 0.2) is 5.96 Å². The van der Waals surface area contributed by atoms with Crippen LogP contribution in [0.25, 0.3) is 0 Å². The summed E-state index contributed by atoms with van der Waals surface area (Å²) in [6.07, 6.45) is -0.263. The highest BCUT2D eigenvalue weighted by Gasteiger charge is 2.34. The Morgan fingerprint density at radius 2 is 2.11 bits per heavy atom.